The maximum absolute atomic E-state index is 13.2. The Morgan fingerprint density at radius 3 is 2.41 bits per heavy atom. The molecule has 0 bridgehead atoms. The highest BCUT2D eigenvalue weighted by Crippen LogP contribution is 2.41. The average molecular weight is 527 g/mol. The molecule has 4 aromatic rings. The monoisotopic (exact) mass is 526 g/mol. The third kappa shape index (κ3) is 4.62. The second kappa shape index (κ2) is 10.8. The quantitative estimate of drug-likeness (QED) is 0.334. The smallest absolute Gasteiger partial charge is 0.339 e. The molecule has 8 nitrogen and oxygen atoms in total. The number of aromatic nitrogens is 1. The van der Waals surface area contributed by atoms with Gasteiger partial charge in [-0.3, -0.25) is 0 Å². The number of benzene rings is 3. The van der Waals surface area contributed by atoms with Crippen molar-refractivity contribution in [1.82, 2.24) is 4.98 Å². The number of hydrogen-bond acceptors (Lipinski definition) is 8. The van der Waals surface area contributed by atoms with Crippen LogP contribution in [0.5, 0.6) is 0 Å². The van der Waals surface area contributed by atoms with Gasteiger partial charge in [-0.2, -0.15) is 0 Å². The van der Waals surface area contributed by atoms with E-state index in [2.05, 4.69) is 28.9 Å². The molecular formula is C31H30N2O6. The van der Waals surface area contributed by atoms with Crippen LogP contribution in [0.15, 0.2) is 60.8 Å². The fraction of sp³-hybridized carbons (Fsp3) is 0.258. The summed E-state index contributed by atoms with van der Waals surface area (Å²) in [5.41, 5.74) is 4.57. The fourth-order valence-electron chi connectivity index (χ4n) is 5.43. The first-order valence-electron chi connectivity index (χ1n) is 12.8. The van der Waals surface area contributed by atoms with Gasteiger partial charge in [0.25, 0.3) is 0 Å². The number of fused-ring (bicyclic) bond motifs is 2. The molecule has 0 fully saturated rings. The molecular weight excluding hydrogens is 496 g/mol. The maximum atomic E-state index is 13.2. The van der Waals surface area contributed by atoms with Crippen molar-refractivity contribution in [2.45, 2.75) is 32.5 Å². The van der Waals surface area contributed by atoms with Crippen molar-refractivity contribution >= 4 is 34.2 Å². The van der Waals surface area contributed by atoms with E-state index in [1.807, 2.05) is 18.2 Å². The minimum absolute atomic E-state index is 0.0444. The highest BCUT2D eigenvalue weighted by Gasteiger charge is 2.28. The maximum Gasteiger partial charge on any atom is 0.339 e. The van der Waals surface area contributed by atoms with E-state index in [1.54, 1.807) is 30.5 Å². The van der Waals surface area contributed by atoms with Gasteiger partial charge in [-0.1, -0.05) is 25.1 Å². The Morgan fingerprint density at radius 1 is 0.974 bits per heavy atom. The van der Waals surface area contributed by atoms with Gasteiger partial charge >= 0.3 is 11.9 Å². The number of pyridine rings is 1. The van der Waals surface area contributed by atoms with Gasteiger partial charge in [0.2, 0.25) is 0 Å². The second-order valence-corrected chi connectivity index (χ2v) is 9.62. The topological polar surface area (TPSA) is 109 Å². The Kier molecular flexibility index (Phi) is 7.32. The molecule has 0 unspecified atom stereocenters. The van der Waals surface area contributed by atoms with E-state index < -0.39 is 11.9 Å². The van der Waals surface area contributed by atoms with E-state index in [4.69, 9.17) is 9.47 Å². The lowest BCUT2D eigenvalue weighted by atomic mass is 9.87. The van der Waals surface area contributed by atoms with E-state index in [0.29, 0.717) is 44.8 Å². The van der Waals surface area contributed by atoms with Gasteiger partial charge in [0.1, 0.15) is 5.82 Å². The van der Waals surface area contributed by atoms with Crippen LogP contribution >= 0.6 is 0 Å². The molecule has 0 saturated heterocycles. The fourth-order valence-corrected chi connectivity index (χ4v) is 5.43. The number of rotatable bonds is 6. The lowest BCUT2D eigenvalue weighted by molar-refractivity contribution is 0.0556. The summed E-state index contributed by atoms with van der Waals surface area (Å²) < 4.78 is 10.2. The van der Waals surface area contributed by atoms with Crippen molar-refractivity contribution in [1.29, 1.82) is 0 Å². The average Bonchev–Trinajstić information content (AvgIpc) is 2.98. The first-order valence-corrected chi connectivity index (χ1v) is 12.8. The Balaban J connectivity index is 1.81. The second-order valence-electron chi connectivity index (χ2n) is 9.62. The Bertz CT molecular complexity index is 1580. The highest BCUT2D eigenvalue weighted by atomic mass is 16.5. The van der Waals surface area contributed by atoms with Crippen LogP contribution in [0.1, 0.15) is 56.7 Å². The van der Waals surface area contributed by atoms with E-state index in [1.165, 1.54) is 19.8 Å². The largest absolute Gasteiger partial charge is 0.465 e. The zero-order valence-corrected chi connectivity index (χ0v) is 22.1. The predicted molar refractivity (Wildman–Crippen MR) is 148 cm³/mol. The normalized spacial score (nSPS) is 14.7. The van der Waals surface area contributed by atoms with Crippen molar-refractivity contribution in [2.75, 3.05) is 25.7 Å². The molecule has 0 amide bonds. The molecule has 1 aliphatic heterocycles. The van der Waals surface area contributed by atoms with Crippen molar-refractivity contribution in [2.24, 2.45) is 0 Å². The number of hydrogen-bond donors (Lipinski definition) is 2. The van der Waals surface area contributed by atoms with Crippen molar-refractivity contribution in [3.63, 3.8) is 0 Å². The molecule has 2 heterocycles. The number of anilines is 2. The van der Waals surface area contributed by atoms with Gasteiger partial charge < -0.3 is 24.6 Å². The Hall–Kier alpha value is -4.27. The first-order chi connectivity index (χ1) is 18.9. The summed E-state index contributed by atoms with van der Waals surface area (Å²) in [5.74, 6) is -0.262. The molecule has 39 heavy (non-hydrogen) atoms. The molecule has 0 saturated carbocycles. The molecule has 8 heteroatoms. The van der Waals surface area contributed by atoms with Gasteiger partial charge in [0.05, 0.1) is 38.6 Å². The molecule has 5 rings (SSSR count). The number of esters is 2. The van der Waals surface area contributed by atoms with Gasteiger partial charge in [-0.15, -0.1) is 0 Å². The van der Waals surface area contributed by atoms with E-state index in [0.717, 1.165) is 18.7 Å². The summed E-state index contributed by atoms with van der Waals surface area (Å²) in [6.07, 6.45) is 2.64. The lowest BCUT2D eigenvalue weighted by Crippen LogP contribution is -2.26. The molecule has 200 valence electrons. The Morgan fingerprint density at radius 2 is 1.69 bits per heavy atom. The van der Waals surface area contributed by atoms with Crippen molar-refractivity contribution < 1.29 is 29.3 Å². The van der Waals surface area contributed by atoms with Gasteiger partial charge in [0, 0.05) is 24.0 Å². The molecule has 0 spiro atoms. The van der Waals surface area contributed by atoms with Crippen LogP contribution in [0.3, 0.4) is 0 Å². The van der Waals surface area contributed by atoms with E-state index in [-0.39, 0.29) is 24.3 Å². The molecule has 3 aromatic carbocycles. The summed E-state index contributed by atoms with van der Waals surface area (Å²) in [4.78, 5) is 32.9. The number of nitrogens with zero attached hydrogens (tertiary/aromatic N) is 2. The standard InChI is InChI=1S/C31H30N2O6/c1-18-9-11-33(26-7-5-4-6-23(18)26)27-15-19(8-10-32-27)28-24-14-22(17-35)21(16-34)12-20(24)13-25(30(36)38-2)29(28)31(37)39-3/h4-8,10,12-15,18,34-35H,9,11,16-17H2,1-3H3/t18-/m0/s1. The lowest BCUT2D eigenvalue weighted by Gasteiger charge is -2.34. The van der Waals surface area contributed by atoms with Crippen LogP contribution in [0.4, 0.5) is 11.5 Å². The predicted octanol–water partition coefficient (Wildman–Crippen LogP) is 5.10. The number of ether oxygens (including phenoxy) is 2. The van der Waals surface area contributed by atoms with Gasteiger partial charge in [-0.25, -0.2) is 14.6 Å². The number of methoxy groups -OCH3 is 2. The minimum atomic E-state index is -0.695. The first kappa shape index (κ1) is 26.3. The number of aliphatic hydroxyl groups excluding tert-OH is 2. The van der Waals surface area contributed by atoms with Crippen LogP contribution in [0, 0.1) is 0 Å². The van der Waals surface area contributed by atoms with Crippen molar-refractivity contribution in [3.8, 4) is 11.1 Å². The van der Waals surface area contributed by atoms with Gasteiger partial charge in [0.15, 0.2) is 0 Å². The summed E-state index contributed by atoms with van der Waals surface area (Å²) in [6, 6.07) is 16.9. The number of carbonyl (C=O) groups is 2. The van der Waals surface area contributed by atoms with Crippen LogP contribution in [-0.2, 0) is 22.7 Å². The molecule has 0 radical (unpaired) electrons. The number of para-hydroxylation sites is 1. The number of aliphatic hydroxyl groups is 2. The third-order valence-electron chi connectivity index (χ3n) is 7.45. The molecule has 1 aliphatic rings. The SMILES string of the molecule is COC(=O)c1cc2cc(CO)c(CO)cc2c(-c2ccnc(N3CC[C@H](C)c4ccccc43)c2)c1C(=O)OC. The molecule has 1 aromatic heterocycles. The van der Waals surface area contributed by atoms with Crippen LogP contribution in [0.25, 0.3) is 21.9 Å². The zero-order valence-electron chi connectivity index (χ0n) is 22.1. The summed E-state index contributed by atoms with van der Waals surface area (Å²) >= 11 is 0. The van der Waals surface area contributed by atoms with Crippen LogP contribution < -0.4 is 4.90 Å². The summed E-state index contributed by atoms with van der Waals surface area (Å²) in [5, 5.41) is 21.1. The Labute approximate surface area is 226 Å². The van der Waals surface area contributed by atoms with Gasteiger partial charge in [-0.05, 0) is 81.8 Å². The van der Waals surface area contributed by atoms with Crippen LogP contribution in [-0.4, -0.2) is 47.9 Å². The third-order valence-corrected chi connectivity index (χ3v) is 7.45. The molecule has 0 aliphatic carbocycles. The van der Waals surface area contributed by atoms with Crippen LogP contribution in [0.2, 0.25) is 0 Å². The highest BCUT2D eigenvalue weighted by molar-refractivity contribution is 6.15. The number of carbonyl (C=O) groups excluding carboxylic acids is 2. The molecule has 1 atom stereocenters. The minimum Gasteiger partial charge on any atom is -0.465 e. The van der Waals surface area contributed by atoms with E-state index in [9.17, 15) is 19.8 Å². The zero-order chi connectivity index (χ0) is 27.7. The summed E-state index contributed by atoms with van der Waals surface area (Å²) in [6.45, 7) is 2.39. The molecule has 2 N–H and O–H groups in total. The van der Waals surface area contributed by atoms with Crippen molar-refractivity contribution in [3.05, 3.63) is 88.6 Å². The summed E-state index contributed by atoms with van der Waals surface area (Å²) in [7, 11) is 2.51. The van der Waals surface area contributed by atoms with E-state index >= 15 is 0 Å².